The minimum absolute atomic E-state index is 0.00788. The maximum atomic E-state index is 12.4. The monoisotopic (exact) mass is 448 g/mol. The van der Waals surface area contributed by atoms with Crippen LogP contribution in [0.25, 0.3) is 0 Å². The Morgan fingerprint density at radius 1 is 0.750 bits per heavy atom. The van der Waals surface area contributed by atoms with Crippen LogP contribution in [0.3, 0.4) is 0 Å². The van der Waals surface area contributed by atoms with Crippen molar-refractivity contribution in [2.24, 2.45) is 0 Å². The molecular formula is C23H20N4O4S. The number of anilines is 3. The Hall–Kier alpha value is -4.13. The highest BCUT2D eigenvalue weighted by Gasteiger charge is 2.14. The van der Waals surface area contributed by atoms with Crippen molar-refractivity contribution < 1.29 is 18.0 Å². The first-order valence-corrected chi connectivity index (χ1v) is 10.9. The lowest BCUT2D eigenvalue weighted by Crippen LogP contribution is -2.24. The van der Waals surface area contributed by atoms with Crippen LogP contribution in [0.15, 0.2) is 83.8 Å². The zero-order valence-electron chi connectivity index (χ0n) is 16.8. The van der Waals surface area contributed by atoms with E-state index in [1.54, 1.807) is 36.4 Å². The summed E-state index contributed by atoms with van der Waals surface area (Å²) in [5.41, 5.74) is 2.01. The molecule has 0 fully saturated rings. The van der Waals surface area contributed by atoms with Crippen molar-refractivity contribution in [2.75, 3.05) is 22.5 Å². The zero-order valence-corrected chi connectivity index (χ0v) is 17.6. The van der Waals surface area contributed by atoms with E-state index in [0.717, 1.165) is 0 Å². The van der Waals surface area contributed by atoms with Crippen molar-refractivity contribution in [1.82, 2.24) is 4.72 Å². The van der Waals surface area contributed by atoms with E-state index >= 15 is 0 Å². The highest BCUT2D eigenvalue weighted by molar-refractivity contribution is 7.89. The van der Waals surface area contributed by atoms with Gasteiger partial charge >= 0.3 is 6.03 Å². The van der Waals surface area contributed by atoms with Crippen molar-refractivity contribution in [3.63, 3.8) is 0 Å². The van der Waals surface area contributed by atoms with E-state index in [9.17, 15) is 18.0 Å². The van der Waals surface area contributed by atoms with Crippen LogP contribution >= 0.6 is 0 Å². The molecule has 0 aliphatic heterocycles. The molecule has 8 nitrogen and oxygen atoms in total. The predicted octanol–water partition coefficient (Wildman–Crippen LogP) is 3.49. The second-order valence-corrected chi connectivity index (χ2v) is 8.30. The number of carbonyl (C=O) groups excluding carboxylic acids is 2. The number of terminal acetylenes is 1. The first-order chi connectivity index (χ1) is 15.4. The molecule has 162 valence electrons. The van der Waals surface area contributed by atoms with E-state index in [1.807, 2.05) is 18.2 Å². The highest BCUT2D eigenvalue weighted by Crippen LogP contribution is 2.16. The van der Waals surface area contributed by atoms with Crippen LogP contribution in [-0.2, 0) is 10.0 Å². The largest absolute Gasteiger partial charge is 0.323 e. The fraction of sp³-hybridized carbons (Fsp3) is 0.0435. The van der Waals surface area contributed by atoms with E-state index in [2.05, 4.69) is 26.6 Å². The molecule has 3 aromatic rings. The Morgan fingerprint density at radius 3 is 1.84 bits per heavy atom. The SMILES string of the molecule is C#CCNS(=O)(=O)c1ccc(C(=O)Nc2ccc(NC(=O)Nc3ccccc3)cc2)cc1. The van der Waals surface area contributed by atoms with Gasteiger partial charge in [0.2, 0.25) is 10.0 Å². The predicted molar refractivity (Wildman–Crippen MR) is 124 cm³/mol. The molecule has 4 N–H and O–H groups in total. The number of para-hydroxylation sites is 1. The molecule has 0 aliphatic rings. The van der Waals surface area contributed by atoms with E-state index in [1.165, 1.54) is 24.3 Å². The maximum Gasteiger partial charge on any atom is 0.323 e. The number of urea groups is 1. The molecule has 0 aromatic heterocycles. The molecule has 0 bridgehead atoms. The van der Waals surface area contributed by atoms with Crippen LogP contribution in [0.4, 0.5) is 21.9 Å². The number of rotatable bonds is 7. The summed E-state index contributed by atoms with van der Waals surface area (Å²) in [6.45, 7) is -0.122. The fourth-order valence-corrected chi connectivity index (χ4v) is 3.59. The van der Waals surface area contributed by atoms with Gasteiger partial charge in [0.05, 0.1) is 11.4 Å². The summed E-state index contributed by atoms with van der Waals surface area (Å²) in [5.74, 6) is 1.79. The molecular weight excluding hydrogens is 428 g/mol. The quantitative estimate of drug-likeness (QED) is 0.414. The Morgan fingerprint density at radius 2 is 1.28 bits per heavy atom. The highest BCUT2D eigenvalue weighted by atomic mass is 32.2. The molecule has 0 unspecified atom stereocenters. The molecule has 0 aliphatic carbocycles. The third kappa shape index (κ3) is 6.18. The van der Waals surface area contributed by atoms with Crippen molar-refractivity contribution in [2.45, 2.75) is 4.90 Å². The smallest absolute Gasteiger partial charge is 0.322 e. The number of benzene rings is 3. The van der Waals surface area contributed by atoms with E-state index in [4.69, 9.17) is 6.42 Å². The normalized spacial score (nSPS) is 10.6. The molecule has 0 spiro atoms. The number of nitrogens with one attached hydrogen (secondary N) is 4. The number of hydrogen-bond donors (Lipinski definition) is 4. The average molecular weight is 449 g/mol. The molecule has 0 saturated carbocycles. The van der Waals surface area contributed by atoms with Crippen molar-refractivity contribution in [1.29, 1.82) is 0 Å². The minimum atomic E-state index is -3.72. The number of hydrogen-bond acceptors (Lipinski definition) is 4. The summed E-state index contributed by atoms with van der Waals surface area (Å²) in [5, 5.41) is 8.12. The standard InChI is InChI=1S/C23H20N4O4S/c1-2-16-24-32(30,31)21-14-8-17(9-15-21)22(28)25-19-10-12-20(13-11-19)27-23(29)26-18-6-4-3-5-7-18/h1,3-15,24H,16H2,(H,25,28)(H2,26,27,29). The fourth-order valence-electron chi connectivity index (χ4n) is 2.66. The molecule has 0 saturated heterocycles. The number of amides is 3. The summed E-state index contributed by atoms with van der Waals surface area (Å²) in [4.78, 5) is 24.5. The molecule has 3 rings (SSSR count). The third-order valence-electron chi connectivity index (χ3n) is 4.22. The van der Waals surface area contributed by atoms with Gasteiger partial charge in [-0.15, -0.1) is 6.42 Å². The van der Waals surface area contributed by atoms with Gasteiger partial charge in [-0.1, -0.05) is 24.1 Å². The summed E-state index contributed by atoms with van der Waals surface area (Å²) in [7, 11) is -3.72. The molecule has 32 heavy (non-hydrogen) atoms. The lowest BCUT2D eigenvalue weighted by Gasteiger charge is -2.10. The van der Waals surface area contributed by atoms with Gasteiger partial charge in [-0.3, -0.25) is 4.79 Å². The van der Waals surface area contributed by atoms with Crippen molar-refractivity contribution in [3.8, 4) is 12.3 Å². The molecule has 9 heteroatoms. The number of carbonyl (C=O) groups is 2. The Kier molecular flexibility index (Phi) is 7.23. The number of sulfonamides is 1. The molecule has 0 radical (unpaired) electrons. The molecule has 0 atom stereocenters. The van der Waals surface area contributed by atoms with E-state index in [0.29, 0.717) is 17.1 Å². The molecule has 0 heterocycles. The second-order valence-electron chi connectivity index (χ2n) is 6.53. The van der Waals surface area contributed by atoms with Gasteiger partial charge in [0.1, 0.15) is 0 Å². The van der Waals surface area contributed by atoms with Crippen molar-refractivity contribution >= 4 is 39.0 Å². The van der Waals surface area contributed by atoms with Gasteiger partial charge in [-0.25, -0.2) is 13.2 Å². The van der Waals surface area contributed by atoms with E-state index in [-0.39, 0.29) is 23.0 Å². The van der Waals surface area contributed by atoms with Gasteiger partial charge in [0, 0.05) is 22.6 Å². The maximum absolute atomic E-state index is 12.4. The Bertz CT molecular complexity index is 1230. The third-order valence-corrected chi connectivity index (χ3v) is 5.64. The van der Waals surface area contributed by atoms with Gasteiger partial charge in [-0.05, 0) is 60.7 Å². The minimum Gasteiger partial charge on any atom is -0.322 e. The lowest BCUT2D eigenvalue weighted by molar-refractivity contribution is 0.102. The average Bonchev–Trinajstić information content (AvgIpc) is 2.79. The van der Waals surface area contributed by atoms with Crippen LogP contribution in [0, 0.1) is 12.3 Å². The first kappa shape index (κ1) is 22.6. The van der Waals surface area contributed by atoms with Crippen LogP contribution in [-0.4, -0.2) is 26.9 Å². The van der Waals surface area contributed by atoms with Gasteiger partial charge in [0.25, 0.3) is 5.91 Å². The molecule has 3 aromatic carbocycles. The molecule has 3 amide bonds. The van der Waals surface area contributed by atoms with Gasteiger partial charge in [0.15, 0.2) is 0 Å². The van der Waals surface area contributed by atoms with E-state index < -0.39 is 15.9 Å². The summed E-state index contributed by atoms with van der Waals surface area (Å²) in [6, 6.07) is 20.7. The summed E-state index contributed by atoms with van der Waals surface area (Å²) in [6.07, 6.45) is 5.06. The van der Waals surface area contributed by atoms with Gasteiger partial charge < -0.3 is 16.0 Å². The Balaban J connectivity index is 1.57. The zero-order chi connectivity index (χ0) is 23.0. The Labute approximate surface area is 186 Å². The van der Waals surface area contributed by atoms with Crippen LogP contribution < -0.4 is 20.7 Å². The second kappa shape index (κ2) is 10.3. The van der Waals surface area contributed by atoms with Crippen LogP contribution in [0.1, 0.15) is 10.4 Å². The van der Waals surface area contributed by atoms with Gasteiger partial charge in [-0.2, -0.15) is 4.72 Å². The summed E-state index contributed by atoms with van der Waals surface area (Å²) < 4.78 is 26.3. The first-order valence-electron chi connectivity index (χ1n) is 9.45. The van der Waals surface area contributed by atoms with Crippen LogP contribution in [0.5, 0.6) is 0 Å². The lowest BCUT2D eigenvalue weighted by atomic mass is 10.2. The topological polar surface area (TPSA) is 116 Å². The van der Waals surface area contributed by atoms with Crippen molar-refractivity contribution in [3.05, 3.63) is 84.4 Å². The van der Waals surface area contributed by atoms with Crippen LogP contribution in [0.2, 0.25) is 0 Å². The summed E-state index contributed by atoms with van der Waals surface area (Å²) >= 11 is 0.